The fourth-order valence-electron chi connectivity index (χ4n) is 1.82. The van der Waals surface area contributed by atoms with Crippen LogP contribution in [0.1, 0.15) is 10.4 Å². The van der Waals surface area contributed by atoms with Crippen LogP contribution in [0.2, 0.25) is 0 Å². The molecule has 0 aliphatic rings. The average Bonchev–Trinajstić information content (AvgIpc) is 2.87. The molecule has 0 aliphatic carbocycles. The van der Waals surface area contributed by atoms with Gasteiger partial charge < -0.3 is 5.32 Å². The predicted octanol–water partition coefficient (Wildman–Crippen LogP) is 3.42. The van der Waals surface area contributed by atoms with Crippen LogP contribution in [-0.4, -0.2) is 16.1 Å². The molecule has 2 N–H and O–H groups in total. The molecule has 1 aromatic heterocycles. The first-order chi connectivity index (χ1) is 9.22. The molecule has 0 spiro atoms. The number of halogens is 1. The lowest BCUT2D eigenvalue weighted by Gasteiger charge is -2.05. The molecule has 3 rings (SSSR count). The highest BCUT2D eigenvalue weighted by Gasteiger charge is 2.06. The SMILES string of the molecule is O=C(Nc1ccc2cn[nH]c2c1)c1ccc(I)cc1. The monoisotopic (exact) mass is 363 g/mol. The summed E-state index contributed by atoms with van der Waals surface area (Å²) in [6, 6.07) is 13.1. The van der Waals surface area contributed by atoms with Gasteiger partial charge >= 0.3 is 0 Å². The van der Waals surface area contributed by atoms with Gasteiger partial charge in [0, 0.05) is 20.2 Å². The zero-order valence-electron chi connectivity index (χ0n) is 9.85. The van der Waals surface area contributed by atoms with E-state index in [-0.39, 0.29) is 5.91 Å². The van der Waals surface area contributed by atoms with E-state index in [4.69, 9.17) is 0 Å². The van der Waals surface area contributed by atoms with Crippen molar-refractivity contribution in [2.45, 2.75) is 0 Å². The summed E-state index contributed by atoms with van der Waals surface area (Å²) in [6.45, 7) is 0. The van der Waals surface area contributed by atoms with Gasteiger partial charge in [-0.05, 0) is 65.1 Å². The standard InChI is InChI=1S/C14H10IN3O/c15-11-4-1-9(2-5-11)14(19)17-12-6-3-10-8-16-18-13(10)7-12/h1-8H,(H,16,18)(H,17,19). The number of hydrogen-bond acceptors (Lipinski definition) is 2. The van der Waals surface area contributed by atoms with Crippen LogP contribution in [0, 0.1) is 3.57 Å². The minimum absolute atomic E-state index is 0.115. The molecular formula is C14H10IN3O. The van der Waals surface area contributed by atoms with Gasteiger partial charge in [-0.25, -0.2) is 0 Å². The van der Waals surface area contributed by atoms with E-state index in [9.17, 15) is 4.79 Å². The molecular weight excluding hydrogens is 353 g/mol. The van der Waals surface area contributed by atoms with Crippen LogP contribution in [0.3, 0.4) is 0 Å². The Bertz CT molecular complexity index is 734. The first kappa shape index (κ1) is 12.2. The normalized spacial score (nSPS) is 10.6. The van der Waals surface area contributed by atoms with Gasteiger partial charge in [-0.1, -0.05) is 0 Å². The fraction of sp³-hybridized carbons (Fsp3) is 0. The Morgan fingerprint density at radius 1 is 1.16 bits per heavy atom. The second-order valence-electron chi connectivity index (χ2n) is 4.13. The highest BCUT2D eigenvalue weighted by Crippen LogP contribution is 2.17. The zero-order chi connectivity index (χ0) is 13.2. The van der Waals surface area contributed by atoms with E-state index >= 15 is 0 Å². The molecule has 2 aromatic carbocycles. The predicted molar refractivity (Wildman–Crippen MR) is 83.2 cm³/mol. The van der Waals surface area contributed by atoms with Crippen LogP contribution in [0.25, 0.3) is 10.9 Å². The zero-order valence-corrected chi connectivity index (χ0v) is 12.0. The lowest BCUT2D eigenvalue weighted by molar-refractivity contribution is 0.102. The minimum Gasteiger partial charge on any atom is -0.322 e. The summed E-state index contributed by atoms with van der Waals surface area (Å²) in [5, 5.41) is 10.7. The fourth-order valence-corrected chi connectivity index (χ4v) is 2.18. The van der Waals surface area contributed by atoms with Crippen molar-refractivity contribution in [3.63, 3.8) is 0 Å². The van der Waals surface area contributed by atoms with Crippen molar-refractivity contribution in [1.82, 2.24) is 10.2 Å². The molecule has 0 saturated heterocycles. The second kappa shape index (κ2) is 5.00. The van der Waals surface area contributed by atoms with Crippen molar-refractivity contribution in [2.75, 3.05) is 5.32 Å². The number of hydrogen-bond donors (Lipinski definition) is 2. The summed E-state index contributed by atoms with van der Waals surface area (Å²) in [7, 11) is 0. The molecule has 3 aromatic rings. The first-order valence-electron chi connectivity index (χ1n) is 5.72. The molecule has 1 amide bonds. The van der Waals surface area contributed by atoms with Crippen LogP contribution >= 0.6 is 22.6 Å². The van der Waals surface area contributed by atoms with Gasteiger partial charge in [-0.2, -0.15) is 5.10 Å². The number of carbonyl (C=O) groups is 1. The molecule has 5 heteroatoms. The Hall–Kier alpha value is -1.89. The Morgan fingerprint density at radius 2 is 1.95 bits per heavy atom. The Kier molecular flexibility index (Phi) is 3.20. The van der Waals surface area contributed by atoms with Crippen molar-refractivity contribution >= 4 is 45.1 Å². The third-order valence-corrected chi connectivity index (χ3v) is 3.53. The Balaban J connectivity index is 1.83. The van der Waals surface area contributed by atoms with Crippen molar-refractivity contribution < 1.29 is 4.79 Å². The highest BCUT2D eigenvalue weighted by molar-refractivity contribution is 14.1. The van der Waals surface area contributed by atoms with E-state index in [0.717, 1.165) is 20.2 Å². The number of carbonyl (C=O) groups excluding carboxylic acids is 1. The van der Waals surface area contributed by atoms with Crippen LogP contribution in [0.4, 0.5) is 5.69 Å². The molecule has 0 aliphatic heterocycles. The van der Waals surface area contributed by atoms with Gasteiger partial charge in [0.25, 0.3) is 5.91 Å². The van der Waals surface area contributed by atoms with Crippen molar-refractivity contribution in [1.29, 1.82) is 0 Å². The van der Waals surface area contributed by atoms with Gasteiger partial charge in [0.2, 0.25) is 0 Å². The molecule has 0 radical (unpaired) electrons. The summed E-state index contributed by atoms with van der Waals surface area (Å²) in [5.74, 6) is -0.115. The Labute approximate surface area is 123 Å². The molecule has 0 fully saturated rings. The molecule has 0 saturated carbocycles. The maximum absolute atomic E-state index is 12.1. The largest absolute Gasteiger partial charge is 0.322 e. The van der Waals surface area contributed by atoms with E-state index < -0.39 is 0 Å². The third kappa shape index (κ3) is 2.60. The van der Waals surface area contributed by atoms with Crippen molar-refractivity contribution in [3.05, 3.63) is 57.8 Å². The van der Waals surface area contributed by atoms with Gasteiger partial charge in [-0.15, -0.1) is 0 Å². The molecule has 94 valence electrons. The van der Waals surface area contributed by atoms with Crippen LogP contribution < -0.4 is 5.32 Å². The molecule has 0 atom stereocenters. The molecule has 4 nitrogen and oxygen atoms in total. The lowest BCUT2D eigenvalue weighted by atomic mass is 10.2. The topological polar surface area (TPSA) is 57.8 Å². The number of benzene rings is 2. The molecule has 1 heterocycles. The summed E-state index contributed by atoms with van der Waals surface area (Å²) >= 11 is 2.21. The summed E-state index contributed by atoms with van der Waals surface area (Å²) in [5.41, 5.74) is 2.30. The summed E-state index contributed by atoms with van der Waals surface area (Å²) in [6.07, 6.45) is 1.75. The van der Waals surface area contributed by atoms with E-state index in [1.165, 1.54) is 0 Å². The number of rotatable bonds is 2. The van der Waals surface area contributed by atoms with Gasteiger partial charge in [0.15, 0.2) is 0 Å². The van der Waals surface area contributed by atoms with E-state index in [0.29, 0.717) is 5.56 Å². The van der Waals surface area contributed by atoms with Crippen molar-refractivity contribution in [3.8, 4) is 0 Å². The number of amides is 1. The average molecular weight is 363 g/mol. The number of aromatic amines is 1. The van der Waals surface area contributed by atoms with E-state index in [1.54, 1.807) is 6.20 Å². The second-order valence-corrected chi connectivity index (χ2v) is 5.38. The lowest BCUT2D eigenvalue weighted by Crippen LogP contribution is -2.11. The summed E-state index contributed by atoms with van der Waals surface area (Å²) in [4.78, 5) is 12.1. The maximum Gasteiger partial charge on any atom is 0.255 e. The number of anilines is 1. The quantitative estimate of drug-likeness (QED) is 0.686. The van der Waals surface area contributed by atoms with E-state index in [2.05, 4.69) is 38.1 Å². The maximum atomic E-state index is 12.1. The van der Waals surface area contributed by atoms with Crippen LogP contribution in [0.15, 0.2) is 48.7 Å². The number of fused-ring (bicyclic) bond motifs is 1. The highest BCUT2D eigenvalue weighted by atomic mass is 127. The van der Waals surface area contributed by atoms with Crippen LogP contribution in [-0.2, 0) is 0 Å². The first-order valence-corrected chi connectivity index (χ1v) is 6.80. The summed E-state index contributed by atoms with van der Waals surface area (Å²) < 4.78 is 1.10. The van der Waals surface area contributed by atoms with Gasteiger partial charge in [-0.3, -0.25) is 9.89 Å². The number of H-pyrrole nitrogens is 1. The number of aromatic nitrogens is 2. The molecule has 19 heavy (non-hydrogen) atoms. The van der Waals surface area contributed by atoms with Gasteiger partial charge in [0.1, 0.15) is 0 Å². The minimum atomic E-state index is -0.115. The smallest absolute Gasteiger partial charge is 0.255 e. The Morgan fingerprint density at radius 3 is 2.74 bits per heavy atom. The van der Waals surface area contributed by atoms with Crippen LogP contribution in [0.5, 0.6) is 0 Å². The van der Waals surface area contributed by atoms with Crippen molar-refractivity contribution in [2.24, 2.45) is 0 Å². The number of nitrogens with zero attached hydrogens (tertiary/aromatic N) is 1. The number of nitrogens with one attached hydrogen (secondary N) is 2. The third-order valence-electron chi connectivity index (χ3n) is 2.81. The molecule has 0 unspecified atom stereocenters. The van der Waals surface area contributed by atoms with E-state index in [1.807, 2.05) is 42.5 Å². The molecule has 0 bridgehead atoms. The van der Waals surface area contributed by atoms with Gasteiger partial charge in [0.05, 0.1) is 11.7 Å².